The lowest BCUT2D eigenvalue weighted by molar-refractivity contribution is -0.116. The van der Waals surface area contributed by atoms with Gasteiger partial charge in [-0.2, -0.15) is 11.8 Å². The van der Waals surface area contributed by atoms with Gasteiger partial charge >= 0.3 is 0 Å². The molecule has 0 aliphatic carbocycles. The van der Waals surface area contributed by atoms with Crippen molar-refractivity contribution in [2.45, 2.75) is 31.9 Å². The van der Waals surface area contributed by atoms with E-state index in [0.29, 0.717) is 18.0 Å². The number of hydrogen-bond donors (Lipinski definition) is 2. The van der Waals surface area contributed by atoms with Crippen LogP contribution in [0, 0.1) is 6.92 Å². The molecule has 1 aliphatic rings. The molecule has 0 spiro atoms. The van der Waals surface area contributed by atoms with Crippen LogP contribution in [0.15, 0.2) is 23.2 Å². The third-order valence-corrected chi connectivity index (χ3v) is 5.82. The lowest BCUT2D eigenvalue weighted by atomic mass is 10.2. The summed E-state index contributed by atoms with van der Waals surface area (Å²) in [5.74, 6) is 1.91. The fourth-order valence-electron chi connectivity index (χ4n) is 2.77. The van der Waals surface area contributed by atoms with Crippen molar-refractivity contribution in [3.05, 3.63) is 28.8 Å². The van der Waals surface area contributed by atoms with Crippen LogP contribution in [0.2, 0.25) is 5.02 Å². The van der Waals surface area contributed by atoms with E-state index in [-0.39, 0.29) is 10.7 Å². The minimum absolute atomic E-state index is 0.0390. The predicted molar refractivity (Wildman–Crippen MR) is 109 cm³/mol. The van der Waals surface area contributed by atoms with E-state index < -0.39 is 0 Å². The number of halogens is 1. The first-order valence-corrected chi connectivity index (χ1v) is 9.83. The smallest absolute Gasteiger partial charge is 0.226 e. The quantitative estimate of drug-likeness (QED) is 0.619. The minimum atomic E-state index is -0.0390. The molecule has 1 aromatic rings. The highest BCUT2D eigenvalue weighted by Gasteiger charge is 2.28. The van der Waals surface area contributed by atoms with Crippen LogP contribution >= 0.6 is 23.4 Å². The zero-order valence-electron chi connectivity index (χ0n) is 15.4. The molecule has 25 heavy (non-hydrogen) atoms. The molecule has 0 radical (unpaired) electrons. The highest BCUT2D eigenvalue weighted by atomic mass is 35.5. The number of aliphatic imine (C=N–C) groups is 1. The van der Waals surface area contributed by atoms with Crippen molar-refractivity contribution in [3.63, 3.8) is 0 Å². The number of thioether (sulfide) groups is 1. The van der Waals surface area contributed by atoms with Gasteiger partial charge in [0.25, 0.3) is 0 Å². The van der Waals surface area contributed by atoms with Gasteiger partial charge in [0.05, 0.1) is 0 Å². The molecule has 7 heteroatoms. The van der Waals surface area contributed by atoms with Crippen LogP contribution in [0.4, 0.5) is 5.69 Å². The second-order valence-corrected chi connectivity index (χ2v) is 8.92. The molecule has 2 N–H and O–H groups in total. The van der Waals surface area contributed by atoms with Crippen LogP contribution in [0.25, 0.3) is 0 Å². The maximum Gasteiger partial charge on any atom is 0.226 e. The molecular weight excluding hydrogens is 356 g/mol. The van der Waals surface area contributed by atoms with E-state index in [9.17, 15) is 4.79 Å². The van der Waals surface area contributed by atoms with E-state index >= 15 is 0 Å². The fourth-order valence-corrected chi connectivity index (χ4v) is 4.06. The summed E-state index contributed by atoms with van der Waals surface area (Å²) in [6, 6.07) is 5.51. The Kier molecular flexibility index (Phi) is 7.02. The molecule has 1 aromatic carbocycles. The van der Waals surface area contributed by atoms with Gasteiger partial charge in [0.1, 0.15) is 0 Å². The fraction of sp³-hybridized carbons (Fsp3) is 0.556. The molecule has 138 valence electrons. The summed E-state index contributed by atoms with van der Waals surface area (Å²) < 4.78 is 0.220. The third-order valence-electron chi connectivity index (χ3n) is 4.11. The molecule has 0 atom stereocenters. The van der Waals surface area contributed by atoms with E-state index in [1.54, 1.807) is 7.05 Å². The number of hydrogen-bond acceptors (Lipinski definition) is 3. The monoisotopic (exact) mass is 382 g/mol. The van der Waals surface area contributed by atoms with Crippen molar-refractivity contribution in [3.8, 4) is 0 Å². The predicted octanol–water partition coefficient (Wildman–Crippen LogP) is 3.38. The summed E-state index contributed by atoms with van der Waals surface area (Å²) in [5, 5.41) is 6.87. The minimum Gasteiger partial charge on any atom is -0.356 e. The molecule has 1 amide bonds. The molecule has 1 fully saturated rings. The van der Waals surface area contributed by atoms with E-state index in [1.807, 2.05) is 36.9 Å². The number of anilines is 1. The third kappa shape index (κ3) is 5.82. The topological polar surface area (TPSA) is 56.7 Å². The van der Waals surface area contributed by atoms with Crippen LogP contribution in [-0.2, 0) is 4.79 Å². The van der Waals surface area contributed by atoms with Crippen molar-refractivity contribution in [2.75, 3.05) is 37.8 Å². The van der Waals surface area contributed by atoms with Crippen molar-refractivity contribution in [2.24, 2.45) is 4.99 Å². The van der Waals surface area contributed by atoms with Gasteiger partial charge in [-0.05, 0) is 38.5 Å². The zero-order valence-corrected chi connectivity index (χ0v) is 16.9. The van der Waals surface area contributed by atoms with Gasteiger partial charge in [0.15, 0.2) is 5.96 Å². The molecule has 0 aromatic heterocycles. The summed E-state index contributed by atoms with van der Waals surface area (Å²) in [7, 11) is 1.78. The van der Waals surface area contributed by atoms with Gasteiger partial charge in [-0.1, -0.05) is 17.7 Å². The Morgan fingerprint density at radius 1 is 1.44 bits per heavy atom. The Balaban J connectivity index is 1.82. The van der Waals surface area contributed by atoms with Crippen LogP contribution in [0.3, 0.4) is 0 Å². The van der Waals surface area contributed by atoms with Crippen LogP contribution in [-0.4, -0.2) is 53.9 Å². The SMILES string of the molecule is CN=C(NCCC(=O)Nc1cccc(Cl)c1C)N1CCSC(C)(C)C1. The van der Waals surface area contributed by atoms with Crippen molar-refractivity contribution in [1.82, 2.24) is 10.2 Å². The standard InChI is InChI=1S/C18H27ClN4OS/c1-13-14(19)6-5-7-15(13)22-16(24)8-9-21-17(20-4)23-10-11-25-18(2,3)12-23/h5-7H,8-12H2,1-4H3,(H,20,21)(H,22,24). The van der Waals surface area contributed by atoms with Gasteiger partial charge in [-0.25, -0.2) is 0 Å². The second-order valence-electron chi connectivity index (χ2n) is 6.71. The molecule has 5 nitrogen and oxygen atoms in total. The van der Waals surface area contributed by atoms with Crippen LogP contribution in [0.1, 0.15) is 25.8 Å². The highest BCUT2D eigenvalue weighted by molar-refractivity contribution is 8.00. The lowest BCUT2D eigenvalue weighted by Crippen LogP contribution is -2.51. The average Bonchev–Trinajstić information content (AvgIpc) is 2.55. The van der Waals surface area contributed by atoms with Crippen molar-refractivity contribution < 1.29 is 4.79 Å². The molecule has 0 saturated carbocycles. The number of carbonyl (C=O) groups excluding carboxylic acids is 1. The summed E-state index contributed by atoms with van der Waals surface area (Å²) >= 11 is 8.07. The Morgan fingerprint density at radius 3 is 2.88 bits per heavy atom. The molecule has 1 heterocycles. The van der Waals surface area contributed by atoms with E-state index in [4.69, 9.17) is 11.6 Å². The van der Waals surface area contributed by atoms with E-state index in [0.717, 1.165) is 36.1 Å². The maximum absolute atomic E-state index is 12.2. The number of carbonyl (C=O) groups is 1. The van der Waals surface area contributed by atoms with Crippen LogP contribution < -0.4 is 10.6 Å². The molecule has 0 bridgehead atoms. The Bertz CT molecular complexity index is 648. The highest BCUT2D eigenvalue weighted by Crippen LogP contribution is 2.29. The number of nitrogens with zero attached hydrogens (tertiary/aromatic N) is 2. The number of amides is 1. The Morgan fingerprint density at radius 2 is 2.20 bits per heavy atom. The second kappa shape index (κ2) is 8.81. The van der Waals surface area contributed by atoms with Gasteiger partial charge in [-0.15, -0.1) is 0 Å². The summed E-state index contributed by atoms with van der Waals surface area (Å²) in [5.41, 5.74) is 1.64. The first kappa shape index (κ1) is 19.9. The van der Waals surface area contributed by atoms with Crippen molar-refractivity contribution >= 4 is 40.9 Å². The Labute approximate surface area is 159 Å². The first-order chi connectivity index (χ1) is 11.8. The summed E-state index contributed by atoms with van der Waals surface area (Å²) in [4.78, 5) is 18.8. The number of benzene rings is 1. The normalized spacial score (nSPS) is 17.3. The van der Waals surface area contributed by atoms with Crippen LogP contribution in [0.5, 0.6) is 0 Å². The zero-order chi connectivity index (χ0) is 18.4. The van der Waals surface area contributed by atoms with E-state index in [2.05, 4.69) is 34.4 Å². The maximum atomic E-state index is 12.2. The number of rotatable bonds is 4. The van der Waals surface area contributed by atoms with Crippen molar-refractivity contribution in [1.29, 1.82) is 0 Å². The molecule has 2 rings (SSSR count). The molecule has 1 aliphatic heterocycles. The first-order valence-electron chi connectivity index (χ1n) is 8.47. The average molecular weight is 383 g/mol. The molecule has 0 unspecified atom stereocenters. The van der Waals surface area contributed by atoms with Gasteiger partial charge in [0, 0.05) is 54.3 Å². The van der Waals surface area contributed by atoms with Gasteiger partial charge < -0.3 is 15.5 Å². The largest absolute Gasteiger partial charge is 0.356 e. The van der Waals surface area contributed by atoms with E-state index in [1.165, 1.54) is 0 Å². The van der Waals surface area contributed by atoms with Gasteiger partial charge in [0.2, 0.25) is 5.91 Å². The summed E-state index contributed by atoms with van der Waals surface area (Å²) in [6.07, 6.45) is 0.372. The number of nitrogens with one attached hydrogen (secondary N) is 2. The number of guanidine groups is 1. The van der Waals surface area contributed by atoms with Gasteiger partial charge in [-0.3, -0.25) is 9.79 Å². The molecule has 1 saturated heterocycles. The summed E-state index contributed by atoms with van der Waals surface area (Å²) in [6.45, 7) is 8.86. The molecular formula is C18H27ClN4OS. The lowest BCUT2D eigenvalue weighted by Gasteiger charge is -2.39. The Hall–Kier alpha value is -1.40.